The van der Waals surface area contributed by atoms with Crippen molar-refractivity contribution in [3.8, 4) is 0 Å². The molecular formula is C58H84O12. The van der Waals surface area contributed by atoms with Crippen molar-refractivity contribution in [2.24, 2.45) is 58.2 Å². The SMILES string of the molecule is C=C(C)C(=O)OC12CC3CC(CC(C)(C3)C1)C2.C=C(C)C(=O)OC12CC3CC(CC(OCO)(C3)C1)C2.C=CC(=O)OC12CC3CC(CC(C)(C3)C1)C2.C=CC(=O)OC12CC3CC(CC(OCO)(C3)C1)C2. The van der Waals surface area contributed by atoms with Crippen LogP contribution in [0.15, 0.2) is 49.6 Å². The zero-order valence-corrected chi connectivity index (χ0v) is 43.0. The minimum Gasteiger partial charge on any atom is -0.456 e. The van der Waals surface area contributed by atoms with Crippen LogP contribution < -0.4 is 0 Å². The van der Waals surface area contributed by atoms with Gasteiger partial charge in [0.05, 0.1) is 11.2 Å². The lowest BCUT2D eigenvalue weighted by atomic mass is 9.48. The molecule has 16 rings (SSSR count). The second-order valence-corrected chi connectivity index (χ2v) is 26.7. The molecule has 16 bridgehead atoms. The van der Waals surface area contributed by atoms with Gasteiger partial charge in [-0.15, -0.1) is 0 Å². The van der Waals surface area contributed by atoms with Gasteiger partial charge in [0.1, 0.15) is 36.0 Å². The van der Waals surface area contributed by atoms with Gasteiger partial charge in [0.2, 0.25) is 0 Å². The quantitative estimate of drug-likeness (QED) is 0.0825. The lowest BCUT2D eigenvalue weighted by molar-refractivity contribution is -0.248. The summed E-state index contributed by atoms with van der Waals surface area (Å²) < 4.78 is 34.3. The molecule has 12 heteroatoms. The highest BCUT2D eigenvalue weighted by molar-refractivity contribution is 5.88. The van der Waals surface area contributed by atoms with E-state index < -0.39 is 0 Å². The summed E-state index contributed by atoms with van der Waals surface area (Å²) in [6.45, 7) is 22.0. The lowest BCUT2D eigenvalue weighted by Crippen LogP contribution is -2.61. The van der Waals surface area contributed by atoms with Crippen LogP contribution in [-0.2, 0) is 47.6 Å². The van der Waals surface area contributed by atoms with Crippen molar-refractivity contribution in [1.82, 2.24) is 0 Å². The summed E-state index contributed by atoms with van der Waals surface area (Å²) in [5.74, 6) is 4.38. The van der Waals surface area contributed by atoms with Gasteiger partial charge in [-0.05, 0) is 213 Å². The molecule has 2 N–H and O–H groups in total. The first kappa shape index (κ1) is 51.6. The first-order valence-electron chi connectivity index (χ1n) is 27.0. The first-order valence-corrected chi connectivity index (χ1v) is 27.0. The molecule has 0 aromatic carbocycles. The predicted molar refractivity (Wildman–Crippen MR) is 262 cm³/mol. The third-order valence-electron chi connectivity index (χ3n) is 19.5. The molecule has 0 aliphatic heterocycles. The largest absolute Gasteiger partial charge is 0.456 e. The van der Waals surface area contributed by atoms with Gasteiger partial charge in [0, 0.05) is 36.1 Å². The fourth-order valence-electron chi connectivity index (χ4n) is 19.6. The Morgan fingerprint density at radius 1 is 0.429 bits per heavy atom. The highest BCUT2D eigenvalue weighted by atomic mass is 16.6. The molecule has 16 saturated carbocycles. The van der Waals surface area contributed by atoms with Crippen LogP contribution in [0.3, 0.4) is 0 Å². The van der Waals surface area contributed by atoms with E-state index in [1.807, 2.05) is 0 Å². The van der Waals surface area contributed by atoms with Crippen molar-refractivity contribution >= 4 is 23.9 Å². The third kappa shape index (κ3) is 10.7. The zero-order chi connectivity index (χ0) is 50.1. The summed E-state index contributed by atoms with van der Waals surface area (Å²) >= 11 is 0. The van der Waals surface area contributed by atoms with Crippen molar-refractivity contribution < 1.29 is 57.8 Å². The summed E-state index contributed by atoms with van der Waals surface area (Å²) in [7, 11) is 0. The van der Waals surface area contributed by atoms with Crippen molar-refractivity contribution in [1.29, 1.82) is 0 Å². The first-order chi connectivity index (χ1) is 33.0. The number of esters is 4. The van der Waals surface area contributed by atoms with Crippen molar-refractivity contribution in [3.63, 3.8) is 0 Å². The number of aliphatic hydroxyl groups is 2. The number of carbonyl (C=O) groups is 4. The van der Waals surface area contributed by atoms with Crippen LogP contribution in [0.4, 0.5) is 0 Å². The summed E-state index contributed by atoms with van der Waals surface area (Å²) in [5, 5.41) is 18.2. The van der Waals surface area contributed by atoms with Crippen LogP contribution in [0.1, 0.15) is 182 Å². The molecular weight excluding hydrogens is 889 g/mol. The summed E-state index contributed by atoms with van der Waals surface area (Å²) in [5.41, 5.74) is 0.289. The fourth-order valence-corrected chi connectivity index (χ4v) is 19.6. The predicted octanol–water partition coefficient (Wildman–Crippen LogP) is 10.5. The molecule has 8 atom stereocenters. The Labute approximate surface area is 417 Å². The van der Waals surface area contributed by atoms with Gasteiger partial charge in [-0.25, -0.2) is 19.2 Å². The Bertz CT molecular complexity index is 2050. The molecule has 0 amide bonds. The molecule has 16 aliphatic rings. The average Bonchev–Trinajstić information content (AvgIpc) is 3.21. The molecule has 12 nitrogen and oxygen atoms in total. The maximum Gasteiger partial charge on any atom is 0.333 e. The molecule has 0 spiro atoms. The molecule has 0 saturated heterocycles. The zero-order valence-electron chi connectivity index (χ0n) is 43.0. The van der Waals surface area contributed by atoms with E-state index in [9.17, 15) is 19.2 Å². The Morgan fingerprint density at radius 2 is 0.671 bits per heavy atom. The molecule has 0 aromatic rings. The van der Waals surface area contributed by atoms with E-state index in [1.165, 1.54) is 63.5 Å². The average molecular weight is 973 g/mol. The molecule has 16 aliphatic carbocycles. The van der Waals surface area contributed by atoms with Gasteiger partial charge in [-0.1, -0.05) is 40.2 Å². The van der Waals surface area contributed by atoms with Crippen LogP contribution in [-0.4, -0.2) is 81.3 Å². The number of carbonyl (C=O) groups excluding carboxylic acids is 4. The van der Waals surface area contributed by atoms with E-state index in [0.717, 1.165) is 126 Å². The smallest absolute Gasteiger partial charge is 0.333 e. The van der Waals surface area contributed by atoms with Crippen molar-refractivity contribution in [2.45, 2.75) is 215 Å². The second kappa shape index (κ2) is 18.9. The minimum absolute atomic E-state index is 0.135. The normalized spacial score (nSPS) is 45.9. The van der Waals surface area contributed by atoms with Gasteiger partial charge in [0.25, 0.3) is 0 Å². The topological polar surface area (TPSA) is 164 Å². The monoisotopic (exact) mass is 973 g/mol. The molecule has 16 fully saturated rings. The van der Waals surface area contributed by atoms with Gasteiger partial charge in [-0.2, -0.15) is 0 Å². The van der Waals surface area contributed by atoms with Crippen LogP contribution in [0, 0.1) is 58.2 Å². The summed E-state index contributed by atoms with van der Waals surface area (Å²) in [6, 6.07) is 0. The number of hydrogen-bond donors (Lipinski definition) is 2. The fraction of sp³-hybridized carbons (Fsp3) is 0.793. The van der Waals surface area contributed by atoms with Crippen LogP contribution >= 0.6 is 0 Å². The van der Waals surface area contributed by atoms with Gasteiger partial charge in [0.15, 0.2) is 0 Å². The van der Waals surface area contributed by atoms with Crippen molar-refractivity contribution in [3.05, 3.63) is 49.6 Å². The van der Waals surface area contributed by atoms with Crippen LogP contribution in [0.25, 0.3) is 0 Å². The van der Waals surface area contributed by atoms with E-state index in [-0.39, 0.29) is 71.1 Å². The number of ether oxygens (including phenoxy) is 6. The summed E-state index contributed by atoms with van der Waals surface area (Å²) in [6.07, 6.45) is 28.8. The molecule has 0 aromatic heterocycles. The van der Waals surface area contributed by atoms with E-state index in [2.05, 4.69) is 40.2 Å². The Balaban J connectivity index is 0.000000116. The summed E-state index contributed by atoms with van der Waals surface area (Å²) in [4.78, 5) is 46.7. The van der Waals surface area contributed by atoms with Crippen LogP contribution in [0.2, 0.25) is 0 Å². The minimum atomic E-state index is -0.380. The molecule has 0 radical (unpaired) electrons. The number of rotatable bonds is 12. The van der Waals surface area contributed by atoms with E-state index in [4.69, 9.17) is 38.6 Å². The molecule has 0 heterocycles. The highest BCUT2D eigenvalue weighted by Gasteiger charge is 2.63. The van der Waals surface area contributed by atoms with Gasteiger partial charge >= 0.3 is 23.9 Å². The van der Waals surface area contributed by atoms with E-state index in [1.54, 1.807) is 13.8 Å². The van der Waals surface area contributed by atoms with E-state index >= 15 is 0 Å². The number of hydrogen-bond acceptors (Lipinski definition) is 12. The van der Waals surface area contributed by atoms with Crippen molar-refractivity contribution in [2.75, 3.05) is 13.6 Å². The highest BCUT2D eigenvalue weighted by Crippen LogP contribution is 2.65. The Kier molecular flexibility index (Phi) is 13.9. The molecule has 8 unspecified atom stereocenters. The lowest BCUT2D eigenvalue weighted by Gasteiger charge is -2.60. The maximum atomic E-state index is 11.9. The van der Waals surface area contributed by atoms with Crippen LogP contribution in [0.5, 0.6) is 0 Å². The standard InChI is InChI=1S/C15H22O4.C15H22O2.C14H20O4.C14H20O2/c1-10(2)13(17)19-15-6-11-3-12(7-15)5-14(4-11,8-15)18-9-16;1-10(2)13(16)17-15-7-11-4-12(8-15)6-14(3,5-11)9-15;1-2-12(16)18-14-6-10-3-11(7-14)5-13(4-10,8-14)17-9-15;1-3-12(15)16-14-7-10-4-11(8-14)6-13(2,5-10)9-14/h11-12,16H,1,3-9H2,2H3;11-12H,1,4-9H2,2-3H3;2,10-11,15H,1,3-9H2;3,10-11H,1,4-9H2,2H3. The number of aliphatic hydroxyl groups excluding tert-OH is 2. The molecule has 388 valence electrons. The Morgan fingerprint density at radius 3 is 0.929 bits per heavy atom. The Hall–Kier alpha value is -3.32. The maximum absolute atomic E-state index is 11.9. The molecule has 70 heavy (non-hydrogen) atoms. The third-order valence-corrected chi connectivity index (χ3v) is 19.5. The van der Waals surface area contributed by atoms with E-state index in [0.29, 0.717) is 45.6 Å². The second-order valence-electron chi connectivity index (χ2n) is 26.7. The van der Waals surface area contributed by atoms with Gasteiger partial charge < -0.3 is 38.6 Å². The van der Waals surface area contributed by atoms with Gasteiger partial charge in [-0.3, -0.25) is 0 Å².